The zero-order valence-electron chi connectivity index (χ0n) is 13.6. The first kappa shape index (κ1) is 16.2. The molecule has 0 bridgehead atoms. The Hall–Kier alpha value is -1.65. The van der Waals surface area contributed by atoms with Gasteiger partial charge in [0.15, 0.2) is 0 Å². The lowest BCUT2D eigenvalue weighted by molar-refractivity contribution is -0.140. The van der Waals surface area contributed by atoms with Crippen molar-refractivity contribution in [3.05, 3.63) is 12.2 Å². The largest absolute Gasteiger partial charge is 0.356 e. The Kier molecular flexibility index (Phi) is 5.13. The van der Waals surface area contributed by atoms with Gasteiger partial charge in [0, 0.05) is 19.5 Å². The molecule has 1 saturated carbocycles. The highest BCUT2D eigenvalue weighted by Gasteiger charge is 2.46. The summed E-state index contributed by atoms with van der Waals surface area (Å²) in [5, 5.41) is 2.97. The summed E-state index contributed by atoms with van der Waals surface area (Å²) in [5.41, 5.74) is 0. The lowest BCUT2D eigenvalue weighted by Crippen LogP contribution is -2.36. The normalized spacial score (nSPS) is 28.1. The summed E-state index contributed by atoms with van der Waals surface area (Å²) in [4.78, 5) is 37.9. The minimum atomic E-state index is -0.196. The molecule has 2 fully saturated rings. The van der Waals surface area contributed by atoms with Gasteiger partial charge in [-0.15, -0.1) is 0 Å². The summed E-state index contributed by atoms with van der Waals surface area (Å²) in [6.07, 6.45) is 11.7. The van der Waals surface area contributed by atoms with Crippen molar-refractivity contribution in [3.8, 4) is 0 Å². The maximum Gasteiger partial charge on any atom is 0.233 e. The van der Waals surface area contributed by atoms with Gasteiger partial charge in [-0.25, -0.2) is 0 Å². The van der Waals surface area contributed by atoms with E-state index >= 15 is 0 Å². The number of hydrogen-bond acceptors (Lipinski definition) is 3. The number of allylic oxidation sites excluding steroid dienone is 2. The molecule has 1 saturated heterocycles. The predicted octanol–water partition coefficient (Wildman–Crippen LogP) is 2.02. The topological polar surface area (TPSA) is 66.5 Å². The average molecular weight is 318 g/mol. The SMILES string of the molecule is O=C(CCN1C(=O)[C@@H]2CC=CC[C@H]2C1=O)NCC1CCCCC1. The number of nitrogens with one attached hydrogen (secondary N) is 1. The standard InChI is InChI=1S/C18H26N2O3/c21-16(19-12-13-6-2-1-3-7-13)10-11-20-17(22)14-8-4-5-9-15(14)18(20)23/h4-5,13-15H,1-3,6-12H2,(H,19,21)/t14-,15-/m1/s1. The van der Waals surface area contributed by atoms with Crippen molar-refractivity contribution in [3.63, 3.8) is 0 Å². The van der Waals surface area contributed by atoms with Gasteiger partial charge in [-0.05, 0) is 31.6 Å². The van der Waals surface area contributed by atoms with E-state index in [0.717, 1.165) is 6.54 Å². The number of amides is 3. The van der Waals surface area contributed by atoms with E-state index in [1.54, 1.807) is 0 Å². The van der Waals surface area contributed by atoms with Gasteiger partial charge in [0.2, 0.25) is 17.7 Å². The van der Waals surface area contributed by atoms with Gasteiger partial charge < -0.3 is 5.32 Å². The Bertz CT molecular complexity index is 482. The third-order valence-corrected chi connectivity index (χ3v) is 5.47. The van der Waals surface area contributed by atoms with Crippen LogP contribution >= 0.6 is 0 Å². The maximum atomic E-state index is 12.3. The highest BCUT2D eigenvalue weighted by molar-refractivity contribution is 6.05. The van der Waals surface area contributed by atoms with E-state index in [1.807, 2.05) is 12.2 Å². The van der Waals surface area contributed by atoms with Gasteiger partial charge in [0.1, 0.15) is 0 Å². The lowest BCUT2D eigenvalue weighted by Gasteiger charge is -2.22. The summed E-state index contributed by atoms with van der Waals surface area (Å²) in [5.74, 6) is -0.0367. The fourth-order valence-electron chi connectivity index (χ4n) is 4.04. The zero-order chi connectivity index (χ0) is 16.2. The van der Waals surface area contributed by atoms with Crippen LogP contribution in [0.4, 0.5) is 0 Å². The molecular formula is C18H26N2O3. The molecule has 2 aliphatic carbocycles. The first-order valence-electron chi connectivity index (χ1n) is 8.93. The van der Waals surface area contributed by atoms with Gasteiger partial charge >= 0.3 is 0 Å². The first-order valence-corrected chi connectivity index (χ1v) is 8.93. The maximum absolute atomic E-state index is 12.3. The van der Waals surface area contributed by atoms with Gasteiger partial charge in [-0.2, -0.15) is 0 Å². The van der Waals surface area contributed by atoms with Crippen molar-refractivity contribution in [2.75, 3.05) is 13.1 Å². The van der Waals surface area contributed by atoms with Crippen LogP contribution in [-0.4, -0.2) is 35.7 Å². The number of nitrogens with zero attached hydrogens (tertiary/aromatic N) is 1. The first-order chi connectivity index (χ1) is 11.2. The minimum absolute atomic E-state index is 0.0517. The summed E-state index contributed by atoms with van der Waals surface area (Å²) in [6.45, 7) is 0.955. The Balaban J connectivity index is 1.43. The second kappa shape index (κ2) is 7.28. The van der Waals surface area contributed by atoms with Crippen molar-refractivity contribution < 1.29 is 14.4 Å². The molecule has 0 aromatic rings. The highest BCUT2D eigenvalue weighted by Crippen LogP contribution is 2.35. The molecule has 0 unspecified atom stereocenters. The number of imide groups is 1. The van der Waals surface area contributed by atoms with E-state index in [9.17, 15) is 14.4 Å². The third kappa shape index (κ3) is 3.65. The highest BCUT2D eigenvalue weighted by atomic mass is 16.2. The van der Waals surface area contributed by atoms with Crippen molar-refractivity contribution in [1.29, 1.82) is 0 Å². The monoisotopic (exact) mass is 318 g/mol. The van der Waals surface area contributed by atoms with E-state index in [1.165, 1.54) is 37.0 Å². The van der Waals surface area contributed by atoms with Crippen molar-refractivity contribution in [1.82, 2.24) is 10.2 Å². The van der Waals surface area contributed by atoms with Crippen LogP contribution in [0.3, 0.4) is 0 Å². The molecule has 5 nitrogen and oxygen atoms in total. The average Bonchev–Trinajstić information content (AvgIpc) is 2.83. The van der Waals surface area contributed by atoms with Gasteiger partial charge in [-0.3, -0.25) is 19.3 Å². The number of fused-ring (bicyclic) bond motifs is 1. The molecule has 0 spiro atoms. The van der Waals surface area contributed by atoms with Crippen LogP contribution in [0, 0.1) is 17.8 Å². The second-order valence-corrected chi connectivity index (χ2v) is 7.04. The van der Waals surface area contributed by atoms with Crippen LogP contribution in [0.1, 0.15) is 51.4 Å². The molecule has 0 radical (unpaired) electrons. The Morgan fingerprint density at radius 1 is 1.04 bits per heavy atom. The van der Waals surface area contributed by atoms with Crippen LogP contribution in [0.15, 0.2) is 12.2 Å². The molecular weight excluding hydrogens is 292 g/mol. The summed E-state index contributed by atoms with van der Waals surface area (Å²) < 4.78 is 0. The third-order valence-electron chi connectivity index (χ3n) is 5.47. The van der Waals surface area contributed by atoms with E-state index in [0.29, 0.717) is 18.8 Å². The summed E-state index contributed by atoms with van der Waals surface area (Å²) in [7, 11) is 0. The van der Waals surface area contributed by atoms with Crippen LogP contribution < -0.4 is 5.32 Å². The van der Waals surface area contributed by atoms with Crippen molar-refractivity contribution in [2.24, 2.45) is 17.8 Å². The predicted molar refractivity (Wildman–Crippen MR) is 86.3 cm³/mol. The van der Waals surface area contributed by atoms with E-state index in [4.69, 9.17) is 0 Å². The van der Waals surface area contributed by atoms with Gasteiger partial charge in [-0.1, -0.05) is 31.4 Å². The molecule has 1 N–H and O–H groups in total. The summed E-state index contributed by atoms with van der Waals surface area (Å²) in [6, 6.07) is 0. The summed E-state index contributed by atoms with van der Waals surface area (Å²) >= 11 is 0. The van der Waals surface area contributed by atoms with Gasteiger partial charge in [0.05, 0.1) is 11.8 Å². The molecule has 0 aromatic heterocycles. The molecule has 2 atom stereocenters. The molecule has 3 amide bonds. The Labute approximate surface area is 137 Å². The molecule has 1 heterocycles. The quantitative estimate of drug-likeness (QED) is 0.623. The van der Waals surface area contributed by atoms with Gasteiger partial charge in [0.25, 0.3) is 0 Å². The van der Waals surface area contributed by atoms with Crippen LogP contribution in [0.2, 0.25) is 0 Å². The number of hydrogen-bond donors (Lipinski definition) is 1. The number of rotatable bonds is 5. The molecule has 1 aliphatic heterocycles. The Morgan fingerprint density at radius 3 is 2.26 bits per heavy atom. The molecule has 0 aromatic carbocycles. The van der Waals surface area contributed by atoms with E-state index < -0.39 is 0 Å². The van der Waals surface area contributed by atoms with E-state index in [2.05, 4.69) is 5.32 Å². The fraction of sp³-hybridized carbons (Fsp3) is 0.722. The Morgan fingerprint density at radius 2 is 1.65 bits per heavy atom. The number of likely N-dealkylation sites (tertiary alicyclic amines) is 1. The van der Waals surface area contributed by atoms with Crippen LogP contribution in [-0.2, 0) is 14.4 Å². The van der Waals surface area contributed by atoms with E-state index in [-0.39, 0.29) is 42.5 Å². The van der Waals surface area contributed by atoms with Crippen molar-refractivity contribution in [2.45, 2.75) is 51.4 Å². The molecule has 23 heavy (non-hydrogen) atoms. The second-order valence-electron chi connectivity index (χ2n) is 7.04. The van der Waals surface area contributed by atoms with Crippen molar-refractivity contribution >= 4 is 17.7 Å². The van der Waals surface area contributed by atoms with Crippen LogP contribution in [0.5, 0.6) is 0 Å². The molecule has 126 valence electrons. The number of carbonyl (C=O) groups excluding carboxylic acids is 3. The zero-order valence-corrected chi connectivity index (χ0v) is 13.6. The molecule has 3 rings (SSSR count). The fourth-order valence-corrected chi connectivity index (χ4v) is 4.04. The minimum Gasteiger partial charge on any atom is -0.356 e. The smallest absolute Gasteiger partial charge is 0.233 e. The van der Waals surface area contributed by atoms with Crippen LogP contribution in [0.25, 0.3) is 0 Å². The lowest BCUT2D eigenvalue weighted by atomic mass is 9.85. The number of carbonyl (C=O) groups is 3. The molecule has 3 aliphatic rings. The molecule has 5 heteroatoms.